The number of aliphatic carboxylic acids is 1. The molecule has 2 saturated heterocycles. The van der Waals surface area contributed by atoms with Crippen LogP contribution in [0.25, 0.3) is 0 Å². The zero-order chi connectivity index (χ0) is 52.2. The van der Waals surface area contributed by atoms with Crippen molar-refractivity contribution in [3.8, 4) is 0 Å². The molecule has 4 aliphatic heterocycles. The van der Waals surface area contributed by atoms with Gasteiger partial charge in [-0.05, 0) is 115 Å². The highest BCUT2D eigenvalue weighted by Crippen LogP contribution is 2.45. The number of amides is 3. The Bertz CT molecular complexity index is 3030. The van der Waals surface area contributed by atoms with E-state index in [1.54, 1.807) is 60.7 Å². The first-order valence-corrected chi connectivity index (χ1v) is 26.9. The number of hydrogen-bond acceptors (Lipinski definition) is 10. The van der Waals surface area contributed by atoms with Gasteiger partial charge in [-0.25, -0.2) is 26.8 Å². The van der Waals surface area contributed by atoms with Gasteiger partial charge in [0.1, 0.15) is 22.8 Å². The van der Waals surface area contributed by atoms with E-state index in [4.69, 9.17) is 55.9 Å². The second-order valence-electron chi connectivity index (χ2n) is 18.6. The largest absolute Gasteiger partial charge is 0.481 e. The molecule has 5 aromatic carbocycles. The highest BCUT2D eigenvalue weighted by atomic mass is 35.5. The van der Waals surface area contributed by atoms with E-state index in [2.05, 4.69) is 25.8 Å². The van der Waals surface area contributed by atoms with E-state index in [0.717, 1.165) is 17.4 Å². The molecule has 14 nitrogen and oxygen atoms in total. The minimum Gasteiger partial charge on any atom is -0.481 e. The molecule has 0 radical (unpaired) electrons. The number of carbonyl (C=O) groups is 4. The number of halogens is 6. The van der Waals surface area contributed by atoms with Gasteiger partial charge in [0, 0.05) is 75.8 Å². The van der Waals surface area contributed by atoms with Gasteiger partial charge in [0.25, 0.3) is 0 Å². The van der Waals surface area contributed by atoms with Gasteiger partial charge in [-0.15, -0.1) is 0 Å². The molecule has 9 rings (SSSR count). The quantitative estimate of drug-likeness (QED) is 0.0880. The van der Waals surface area contributed by atoms with Crippen molar-refractivity contribution in [3.63, 3.8) is 0 Å². The maximum Gasteiger partial charge on any atom is 0.412 e. The number of carboxylic acid groups (broad SMARTS) is 1. The zero-order valence-corrected chi connectivity index (χ0v) is 43.2. The summed E-state index contributed by atoms with van der Waals surface area (Å²) in [6.45, 7) is 3.72. The molecule has 2 fully saturated rings. The Kier molecular flexibility index (Phi) is 16.6. The highest BCUT2D eigenvalue weighted by molar-refractivity contribution is 7.90. The molecule has 0 aromatic heterocycles. The number of nitrogens with one attached hydrogen (secondary N) is 3. The van der Waals surface area contributed by atoms with Gasteiger partial charge in [0.2, 0.25) is 5.91 Å². The first-order chi connectivity index (χ1) is 34.7. The van der Waals surface area contributed by atoms with E-state index in [1.807, 2.05) is 0 Å². The average molecular weight is 1100 g/mol. The molecule has 386 valence electrons. The number of benzene rings is 5. The molecular formula is C52H51Cl4F2N5O9S. The summed E-state index contributed by atoms with van der Waals surface area (Å²) in [5.74, 6) is -3.15. The number of rotatable bonds is 13. The maximum absolute atomic E-state index is 14.1. The fraction of sp³-hybridized carbons (Fsp3) is 0.346. The van der Waals surface area contributed by atoms with Crippen LogP contribution in [0.2, 0.25) is 20.1 Å². The van der Waals surface area contributed by atoms with Crippen LogP contribution in [0.4, 0.5) is 29.7 Å². The van der Waals surface area contributed by atoms with Crippen molar-refractivity contribution in [2.24, 2.45) is 0 Å². The maximum atomic E-state index is 14.1. The van der Waals surface area contributed by atoms with Crippen LogP contribution in [0.1, 0.15) is 78.2 Å². The number of anilines is 2. The molecule has 3 amide bonds. The summed E-state index contributed by atoms with van der Waals surface area (Å²) < 4.78 is 62.8. The first kappa shape index (κ1) is 53.8. The van der Waals surface area contributed by atoms with Gasteiger partial charge < -0.3 is 29.7 Å². The SMILES string of the molecule is CS(=O)(=O)c1ccc(CNC(=O)C(CCN2CCC3(CC2)OC(=O)Nc2ccc(F)cc23)c2ccc(Cl)c(Cl)c2)cc1.O=C1Nc2ccc(F)cc2C2(CCN(CCC(C(=O)O)c3ccc(Cl)c(Cl)c3)CC2)O1. The van der Waals surface area contributed by atoms with Gasteiger partial charge in [-0.2, -0.15) is 0 Å². The molecule has 2 unspecified atom stereocenters. The Morgan fingerprint density at radius 3 is 1.52 bits per heavy atom. The van der Waals surface area contributed by atoms with E-state index in [0.29, 0.717) is 126 Å². The van der Waals surface area contributed by atoms with Crippen LogP contribution in [0.15, 0.2) is 102 Å². The monoisotopic (exact) mass is 1100 g/mol. The molecular weight excluding hydrogens is 1050 g/mol. The second-order valence-corrected chi connectivity index (χ2v) is 22.2. The number of sulfone groups is 1. The van der Waals surface area contributed by atoms with E-state index < -0.39 is 56.8 Å². The standard InChI is InChI=1S/C30H30Cl2FN3O5S.C22H21Cl2FN2O4/c1-42(39,40)22-6-2-19(3-7-22)18-34-28(37)23(20-4-8-25(31)26(32)16-20)10-13-36-14-11-30(12-15-36)24-17-21(33)5-9-27(24)35-29(38)41-30;23-17-3-1-13(11-18(17)24)15(20(28)29)5-8-27-9-6-22(7-10-27)16-12-14(25)2-4-19(16)26-21(30)31-22/h2-9,16-17,23H,10-15,18H2,1H3,(H,34,37)(H,35,38);1-4,11-12,15H,5-10H2,(H,26,30)(H,28,29). The molecule has 73 heavy (non-hydrogen) atoms. The average Bonchev–Trinajstić information content (AvgIpc) is 3.35. The molecule has 5 aromatic rings. The zero-order valence-electron chi connectivity index (χ0n) is 39.4. The topological polar surface area (TPSA) is 184 Å². The number of carboxylic acids is 1. The number of piperidine rings is 2. The summed E-state index contributed by atoms with van der Waals surface area (Å²) in [6.07, 6.45) is 2.91. The van der Waals surface area contributed by atoms with E-state index in [1.165, 1.54) is 36.4 Å². The van der Waals surface area contributed by atoms with Gasteiger partial charge in [-0.1, -0.05) is 70.7 Å². The summed E-state index contributed by atoms with van der Waals surface area (Å²) in [4.78, 5) is 54.1. The number of fused-ring (bicyclic) bond motifs is 4. The Balaban J connectivity index is 0.000000204. The van der Waals surface area contributed by atoms with Gasteiger partial charge in [-0.3, -0.25) is 20.2 Å². The Morgan fingerprint density at radius 2 is 1.10 bits per heavy atom. The third-order valence-corrected chi connectivity index (χ3v) is 16.5. The van der Waals surface area contributed by atoms with Crippen LogP contribution in [0.5, 0.6) is 0 Å². The predicted molar refractivity (Wildman–Crippen MR) is 274 cm³/mol. The van der Waals surface area contributed by atoms with E-state index in [9.17, 15) is 41.5 Å². The van der Waals surface area contributed by atoms with E-state index >= 15 is 0 Å². The fourth-order valence-corrected chi connectivity index (χ4v) is 11.1. The molecule has 4 aliphatic rings. The normalized spacial score (nSPS) is 17.8. The number of likely N-dealkylation sites (tertiary alicyclic amines) is 2. The minimum absolute atomic E-state index is 0.203. The summed E-state index contributed by atoms with van der Waals surface area (Å²) in [5, 5.41) is 19.4. The lowest BCUT2D eigenvalue weighted by molar-refractivity contribution is -0.139. The molecule has 0 bridgehead atoms. The Hall–Kier alpha value is -5.53. The van der Waals surface area contributed by atoms with Gasteiger partial charge in [0.15, 0.2) is 9.84 Å². The summed E-state index contributed by atoms with van der Waals surface area (Å²) in [7, 11) is -3.31. The molecule has 4 heterocycles. The number of hydrogen-bond donors (Lipinski definition) is 4. The molecule has 0 aliphatic carbocycles. The summed E-state index contributed by atoms with van der Waals surface area (Å²) in [6, 6.07) is 24.9. The lowest BCUT2D eigenvalue weighted by Gasteiger charge is -2.44. The van der Waals surface area contributed by atoms with Crippen LogP contribution in [0, 0.1) is 11.6 Å². The third-order valence-electron chi connectivity index (χ3n) is 13.9. The fourth-order valence-electron chi connectivity index (χ4n) is 9.89. The van der Waals surface area contributed by atoms with Gasteiger partial charge >= 0.3 is 18.2 Å². The summed E-state index contributed by atoms with van der Waals surface area (Å²) >= 11 is 24.4. The van der Waals surface area contributed by atoms with Crippen LogP contribution in [0.3, 0.4) is 0 Å². The smallest absolute Gasteiger partial charge is 0.412 e. The molecule has 21 heteroatoms. The van der Waals surface area contributed by atoms with Crippen molar-refractivity contribution in [2.75, 3.05) is 56.2 Å². The van der Waals surface area contributed by atoms with Crippen LogP contribution in [-0.4, -0.2) is 92.9 Å². The van der Waals surface area contributed by atoms with Crippen molar-refractivity contribution in [1.29, 1.82) is 0 Å². The lowest BCUT2D eigenvalue weighted by atomic mass is 9.82. The van der Waals surface area contributed by atoms with Crippen molar-refractivity contribution in [3.05, 3.63) is 157 Å². The van der Waals surface area contributed by atoms with Crippen molar-refractivity contribution < 1.29 is 51.0 Å². The molecule has 2 atom stereocenters. The second kappa shape index (κ2) is 22.5. The minimum atomic E-state index is -3.31. The van der Waals surface area contributed by atoms with Crippen LogP contribution >= 0.6 is 46.4 Å². The van der Waals surface area contributed by atoms with Crippen molar-refractivity contribution >= 4 is 91.7 Å². The third kappa shape index (κ3) is 12.7. The predicted octanol–water partition coefficient (Wildman–Crippen LogP) is 11.1. The first-order valence-electron chi connectivity index (χ1n) is 23.4. The van der Waals surface area contributed by atoms with Crippen molar-refractivity contribution in [1.82, 2.24) is 15.1 Å². The molecule has 2 spiro atoms. The highest BCUT2D eigenvalue weighted by Gasteiger charge is 2.46. The van der Waals surface area contributed by atoms with E-state index in [-0.39, 0.29) is 23.2 Å². The number of nitrogens with zero attached hydrogens (tertiary/aromatic N) is 2. The number of carbonyl (C=O) groups excluding carboxylic acids is 3. The van der Waals surface area contributed by atoms with Crippen LogP contribution < -0.4 is 16.0 Å². The lowest BCUT2D eigenvalue weighted by Crippen LogP contribution is -2.48. The molecule has 0 saturated carbocycles. The summed E-state index contributed by atoms with van der Waals surface area (Å²) in [5.41, 5.74) is 2.73. The number of ether oxygens (including phenoxy) is 2. The van der Waals surface area contributed by atoms with Crippen LogP contribution in [-0.2, 0) is 46.6 Å². The Labute approximate surface area is 441 Å². The molecule has 4 N–H and O–H groups in total. The van der Waals surface area contributed by atoms with Crippen molar-refractivity contribution in [2.45, 2.75) is 73.0 Å². The Morgan fingerprint density at radius 1 is 0.658 bits per heavy atom. The van der Waals surface area contributed by atoms with Gasteiger partial charge in [0.05, 0.1) is 48.2 Å².